The smallest absolute Gasteiger partial charge is 0.222 e. The zero-order valence-corrected chi connectivity index (χ0v) is 14.5. The standard InChI is InChI=1S/C15H23N3O2.2ClH/c1-20-14-5-2-4-13(12-14)17-8-10-18(11-9-17)15(19)6-3-7-16;;/h2,4-5,12H,3,6-11,16H2,1H3;2*1H. The molecule has 7 heteroatoms. The summed E-state index contributed by atoms with van der Waals surface area (Å²) in [6, 6.07) is 8.05. The van der Waals surface area contributed by atoms with Gasteiger partial charge in [0.15, 0.2) is 0 Å². The molecule has 126 valence electrons. The van der Waals surface area contributed by atoms with E-state index < -0.39 is 0 Å². The first-order valence-corrected chi connectivity index (χ1v) is 7.11. The minimum absolute atomic E-state index is 0. The Labute approximate surface area is 144 Å². The van der Waals surface area contributed by atoms with Crippen LogP contribution in [-0.2, 0) is 4.79 Å². The van der Waals surface area contributed by atoms with E-state index in [0.717, 1.165) is 44.0 Å². The molecule has 0 bridgehead atoms. The number of nitrogens with zero attached hydrogens (tertiary/aromatic N) is 2. The van der Waals surface area contributed by atoms with Crippen molar-refractivity contribution in [1.29, 1.82) is 0 Å². The molecule has 0 radical (unpaired) electrons. The third kappa shape index (κ3) is 5.55. The molecule has 1 amide bonds. The van der Waals surface area contributed by atoms with Crippen LogP contribution in [0.4, 0.5) is 5.69 Å². The van der Waals surface area contributed by atoms with Gasteiger partial charge in [0.25, 0.3) is 0 Å². The number of halogens is 2. The second kappa shape index (κ2) is 10.5. The Kier molecular flexibility index (Phi) is 9.98. The summed E-state index contributed by atoms with van der Waals surface area (Å²) < 4.78 is 5.25. The number of amides is 1. The van der Waals surface area contributed by atoms with Gasteiger partial charge in [0, 0.05) is 44.4 Å². The quantitative estimate of drug-likeness (QED) is 0.882. The molecule has 0 spiro atoms. The number of carbonyl (C=O) groups excluding carboxylic acids is 1. The van der Waals surface area contributed by atoms with Crippen molar-refractivity contribution >= 4 is 36.4 Å². The first-order valence-electron chi connectivity index (χ1n) is 7.11. The fourth-order valence-corrected chi connectivity index (χ4v) is 2.43. The van der Waals surface area contributed by atoms with Gasteiger partial charge in [-0.05, 0) is 25.1 Å². The summed E-state index contributed by atoms with van der Waals surface area (Å²) in [6.07, 6.45) is 1.34. The minimum Gasteiger partial charge on any atom is -0.497 e. The van der Waals surface area contributed by atoms with E-state index in [0.29, 0.717) is 13.0 Å². The van der Waals surface area contributed by atoms with Crippen LogP contribution in [0.5, 0.6) is 5.75 Å². The van der Waals surface area contributed by atoms with E-state index in [2.05, 4.69) is 11.0 Å². The van der Waals surface area contributed by atoms with Gasteiger partial charge in [-0.25, -0.2) is 0 Å². The normalized spacial score (nSPS) is 13.9. The molecule has 0 saturated carbocycles. The van der Waals surface area contributed by atoms with Crippen molar-refractivity contribution in [1.82, 2.24) is 4.90 Å². The lowest BCUT2D eigenvalue weighted by Crippen LogP contribution is -2.48. The van der Waals surface area contributed by atoms with Gasteiger partial charge in [-0.15, -0.1) is 24.8 Å². The van der Waals surface area contributed by atoms with Gasteiger partial charge in [-0.3, -0.25) is 4.79 Å². The molecule has 0 atom stereocenters. The largest absolute Gasteiger partial charge is 0.497 e. The second-order valence-corrected chi connectivity index (χ2v) is 4.96. The van der Waals surface area contributed by atoms with E-state index in [4.69, 9.17) is 10.5 Å². The monoisotopic (exact) mass is 349 g/mol. The van der Waals surface area contributed by atoms with Crippen molar-refractivity contribution in [3.63, 3.8) is 0 Å². The van der Waals surface area contributed by atoms with E-state index in [-0.39, 0.29) is 30.7 Å². The Morgan fingerprint density at radius 3 is 2.50 bits per heavy atom. The Morgan fingerprint density at radius 2 is 1.91 bits per heavy atom. The van der Waals surface area contributed by atoms with Crippen molar-refractivity contribution < 1.29 is 9.53 Å². The van der Waals surface area contributed by atoms with Crippen molar-refractivity contribution in [2.75, 3.05) is 44.7 Å². The lowest BCUT2D eigenvalue weighted by atomic mass is 10.2. The molecule has 1 aromatic carbocycles. The number of hydrogen-bond acceptors (Lipinski definition) is 4. The molecule has 1 heterocycles. The maximum Gasteiger partial charge on any atom is 0.222 e. The zero-order valence-electron chi connectivity index (χ0n) is 12.9. The Balaban J connectivity index is 0.00000220. The molecular formula is C15H25Cl2N3O2. The SMILES string of the molecule is COc1cccc(N2CCN(C(=O)CCCN)CC2)c1.Cl.Cl. The number of methoxy groups -OCH3 is 1. The summed E-state index contributed by atoms with van der Waals surface area (Å²) in [5, 5.41) is 0. The van der Waals surface area contributed by atoms with Gasteiger partial charge >= 0.3 is 0 Å². The highest BCUT2D eigenvalue weighted by Crippen LogP contribution is 2.22. The van der Waals surface area contributed by atoms with Crippen LogP contribution in [0, 0.1) is 0 Å². The maximum atomic E-state index is 11.9. The predicted molar refractivity (Wildman–Crippen MR) is 94.6 cm³/mol. The van der Waals surface area contributed by atoms with Crippen LogP contribution >= 0.6 is 24.8 Å². The zero-order chi connectivity index (χ0) is 14.4. The average Bonchev–Trinajstić information content (AvgIpc) is 2.52. The van der Waals surface area contributed by atoms with Crippen molar-refractivity contribution in [3.8, 4) is 5.75 Å². The average molecular weight is 350 g/mol. The molecule has 0 unspecified atom stereocenters. The number of hydrogen-bond donors (Lipinski definition) is 1. The molecule has 1 fully saturated rings. The molecule has 0 aliphatic carbocycles. The highest BCUT2D eigenvalue weighted by atomic mass is 35.5. The van der Waals surface area contributed by atoms with E-state index in [1.807, 2.05) is 23.1 Å². The Bertz CT molecular complexity index is 452. The molecule has 5 nitrogen and oxygen atoms in total. The summed E-state index contributed by atoms with van der Waals surface area (Å²) in [4.78, 5) is 16.2. The molecule has 0 aromatic heterocycles. The Morgan fingerprint density at radius 1 is 1.23 bits per heavy atom. The molecular weight excluding hydrogens is 325 g/mol. The molecule has 1 saturated heterocycles. The third-order valence-electron chi connectivity index (χ3n) is 3.65. The Hall–Kier alpha value is -1.17. The summed E-state index contributed by atoms with van der Waals surface area (Å²) in [5.74, 6) is 1.09. The van der Waals surface area contributed by atoms with Gasteiger partial charge in [0.05, 0.1) is 7.11 Å². The summed E-state index contributed by atoms with van der Waals surface area (Å²) in [7, 11) is 1.67. The fraction of sp³-hybridized carbons (Fsp3) is 0.533. The van der Waals surface area contributed by atoms with Crippen LogP contribution in [0.15, 0.2) is 24.3 Å². The van der Waals surface area contributed by atoms with Crippen molar-refractivity contribution in [3.05, 3.63) is 24.3 Å². The van der Waals surface area contributed by atoms with Crippen LogP contribution in [0.1, 0.15) is 12.8 Å². The number of anilines is 1. The van der Waals surface area contributed by atoms with Gasteiger partial charge in [-0.1, -0.05) is 6.07 Å². The number of carbonyl (C=O) groups is 1. The molecule has 2 rings (SSSR count). The highest BCUT2D eigenvalue weighted by Gasteiger charge is 2.20. The number of ether oxygens (including phenoxy) is 1. The van der Waals surface area contributed by atoms with Gasteiger partial charge in [0.1, 0.15) is 5.75 Å². The van der Waals surface area contributed by atoms with Gasteiger partial charge in [0.2, 0.25) is 5.91 Å². The fourth-order valence-electron chi connectivity index (χ4n) is 2.43. The van der Waals surface area contributed by atoms with Crippen LogP contribution in [0.25, 0.3) is 0 Å². The molecule has 1 aliphatic rings. The van der Waals surface area contributed by atoms with Crippen LogP contribution in [0.3, 0.4) is 0 Å². The first kappa shape index (κ1) is 20.8. The van der Waals surface area contributed by atoms with Crippen LogP contribution in [0.2, 0.25) is 0 Å². The summed E-state index contributed by atoms with van der Waals surface area (Å²) in [6.45, 7) is 3.86. The van der Waals surface area contributed by atoms with E-state index in [1.165, 1.54) is 0 Å². The number of rotatable bonds is 5. The van der Waals surface area contributed by atoms with Crippen molar-refractivity contribution in [2.45, 2.75) is 12.8 Å². The summed E-state index contributed by atoms with van der Waals surface area (Å²) >= 11 is 0. The summed E-state index contributed by atoms with van der Waals surface area (Å²) in [5.41, 5.74) is 6.59. The van der Waals surface area contributed by atoms with E-state index in [9.17, 15) is 4.79 Å². The number of nitrogens with two attached hydrogens (primary N) is 1. The number of piperazine rings is 1. The molecule has 2 N–H and O–H groups in total. The molecule has 22 heavy (non-hydrogen) atoms. The highest BCUT2D eigenvalue weighted by molar-refractivity contribution is 5.85. The third-order valence-corrected chi connectivity index (χ3v) is 3.65. The van der Waals surface area contributed by atoms with Crippen LogP contribution in [-0.4, -0.2) is 50.6 Å². The lowest BCUT2D eigenvalue weighted by Gasteiger charge is -2.36. The van der Waals surface area contributed by atoms with Gasteiger partial charge < -0.3 is 20.3 Å². The second-order valence-electron chi connectivity index (χ2n) is 4.96. The van der Waals surface area contributed by atoms with Crippen LogP contribution < -0.4 is 15.4 Å². The molecule has 1 aromatic rings. The number of benzene rings is 1. The van der Waals surface area contributed by atoms with Crippen molar-refractivity contribution in [2.24, 2.45) is 5.73 Å². The molecule has 1 aliphatic heterocycles. The lowest BCUT2D eigenvalue weighted by molar-refractivity contribution is -0.131. The first-order chi connectivity index (χ1) is 9.74. The minimum atomic E-state index is 0. The maximum absolute atomic E-state index is 11.9. The predicted octanol–water partition coefficient (Wildman–Crippen LogP) is 1.93. The van der Waals surface area contributed by atoms with Gasteiger partial charge in [-0.2, -0.15) is 0 Å². The van der Waals surface area contributed by atoms with E-state index >= 15 is 0 Å². The van der Waals surface area contributed by atoms with E-state index in [1.54, 1.807) is 7.11 Å². The topological polar surface area (TPSA) is 58.8 Å².